The zero-order chi connectivity index (χ0) is 12.3. The monoisotopic (exact) mass is 230 g/mol. The fourth-order valence-electron chi connectivity index (χ4n) is 2.07. The van der Waals surface area contributed by atoms with Gasteiger partial charge in [0.1, 0.15) is 6.10 Å². The number of hydrogen-bond donors (Lipinski definition) is 1. The van der Waals surface area contributed by atoms with Crippen molar-refractivity contribution >= 4 is 11.9 Å². The molecule has 0 saturated heterocycles. The molecular weight excluding hydrogens is 212 g/mol. The first-order valence-electron chi connectivity index (χ1n) is 5.38. The molecule has 4 atom stereocenters. The van der Waals surface area contributed by atoms with Crippen molar-refractivity contribution in [2.75, 3.05) is 7.11 Å². The third-order valence-corrected chi connectivity index (χ3v) is 3.09. The number of hydrogen-bond acceptors (Lipinski definition) is 5. The van der Waals surface area contributed by atoms with E-state index in [1.165, 1.54) is 14.0 Å². The minimum atomic E-state index is -0.637. The van der Waals surface area contributed by atoms with Crippen LogP contribution in [0.4, 0.5) is 0 Å². The van der Waals surface area contributed by atoms with E-state index in [4.69, 9.17) is 4.74 Å². The SMILES string of the molecule is COC(=O)[C@H]1C[C@@H](O)[C@H](C)[C@@H](OC(C)=O)C1. The van der Waals surface area contributed by atoms with Gasteiger partial charge < -0.3 is 14.6 Å². The van der Waals surface area contributed by atoms with Crippen LogP contribution in [0.5, 0.6) is 0 Å². The average Bonchev–Trinajstić information content (AvgIpc) is 2.22. The smallest absolute Gasteiger partial charge is 0.308 e. The maximum Gasteiger partial charge on any atom is 0.308 e. The van der Waals surface area contributed by atoms with E-state index in [0.717, 1.165) is 0 Å². The van der Waals surface area contributed by atoms with Crippen molar-refractivity contribution < 1.29 is 24.2 Å². The van der Waals surface area contributed by atoms with Crippen LogP contribution in [0.15, 0.2) is 0 Å². The Labute approximate surface area is 94.7 Å². The van der Waals surface area contributed by atoms with E-state index in [1.807, 2.05) is 6.92 Å². The summed E-state index contributed by atoms with van der Waals surface area (Å²) in [7, 11) is 1.31. The van der Waals surface area contributed by atoms with Gasteiger partial charge in [0.05, 0.1) is 19.1 Å². The lowest BCUT2D eigenvalue weighted by Crippen LogP contribution is -2.43. The van der Waals surface area contributed by atoms with Gasteiger partial charge >= 0.3 is 11.9 Å². The van der Waals surface area contributed by atoms with Gasteiger partial charge in [-0.05, 0) is 12.8 Å². The molecule has 1 N–H and O–H groups in total. The normalized spacial score (nSPS) is 34.2. The summed E-state index contributed by atoms with van der Waals surface area (Å²) < 4.78 is 9.73. The maximum atomic E-state index is 11.4. The molecule has 1 aliphatic carbocycles. The van der Waals surface area contributed by atoms with Crippen molar-refractivity contribution in [3.05, 3.63) is 0 Å². The molecule has 0 aliphatic heterocycles. The van der Waals surface area contributed by atoms with Gasteiger partial charge in [-0.1, -0.05) is 6.92 Å². The van der Waals surface area contributed by atoms with E-state index in [2.05, 4.69) is 4.74 Å². The molecule has 92 valence electrons. The summed E-state index contributed by atoms with van der Waals surface area (Å²) in [6.45, 7) is 3.13. The summed E-state index contributed by atoms with van der Waals surface area (Å²) in [6.07, 6.45) is -0.261. The fourth-order valence-corrected chi connectivity index (χ4v) is 2.07. The van der Waals surface area contributed by atoms with E-state index in [9.17, 15) is 14.7 Å². The van der Waals surface area contributed by atoms with Crippen molar-refractivity contribution in [2.45, 2.75) is 38.9 Å². The van der Waals surface area contributed by atoms with Crippen LogP contribution in [0.25, 0.3) is 0 Å². The topological polar surface area (TPSA) is 72.8 Å². The highest BCUT2D eigenvalue weighted by molar-refractivity contribution is 5.72. The molecule has 0 radical (unpaired) electrons. The summed E-state index contributed by atoms with van der Waals surface area (Å²) in [5, 5.41) is 9.78. The van der Waals surface area contributed by atoms with Crippen LogP contribution < -0.4 is 0 Å². The Morgan fingerprint density at radius 2 is 1.94 bits per heavy atom. The molecule has 0 bridgehead atoms. The summed E-state index contributed by atoms with van der Waals surface area (Å²) in [5.74, 6) is -1.29. The quantitative estimate of drug-likeness (QED) is 0.699. The molecule has 1 fully saturated rings. The predicted octanol–water partition coefficient (Wildman–Crippen LogP) is 0.498. The number of carbonyl (C=O) groups is 2. The van der Waals surface area contributed by atoms with Gasteiger partial charge in [0.25, 0.3) is 0 Å². The second-order valence-electron chi connectivity index (χ2n) is 4.27. The standard InChI is InChI=1S/C11H18O5/c1-6-9(13)4-8(11(14)15-3)5-10(6)16-7(2)12/h6,8-10,13H,4-5H2,1-3H3/t6-,8-,9+,10-/m0/s1. The molecule has 0 aromatic carbocycles. The molecule has 0 spiro atoms. The number of methoxy groups -OCH3 is 1. The van der Waals surface area contributed by atoms with Gasteiger partial charge in [-0.2, -0.15) is 0 Å². The summed E-state index contributed by atoms with van der Waals surface area (Å²) in [6, 6.07) is 0. The number of esters is 2. The Morgan fingerprint density at radius 3 is 2.44 bits per heavy atom. The van der Waals surface area contributed by atoms with Crippen LogP contribution in [-0.4, -0.2) is 36.4 Å². The van der Waals surface area contributed by atoms with Gasteiger partial charge in [0.2, 0.25) is 0 Å². The number of rotatable bonds is 2. The van der Waals surface area contributed by atoms with Gasteiger partial charge in [-0.15, -0.1) is 0 Å². The number of ether oxygens (including phenoxy) is 2. The Balaban J connectivity index is 2.68. The third kappa shape index (κ3) is 2.95. The molecule has 0 aromatic heterocycles. The summed E-state index contributed by atoms with van der Waals surface area (Å²) in [4.78, 5) is 22.3. The Hall–Kier alpha value is -1.10. The zero-order valence-corrected chi connectivity index (χ0v) is 9.80. The van der Waals surface area contributed by atoms with Gasteiger partial charge in [-0.25, -0.2) is 0 Å². The van der Waals surface area contributed by atoms with Gasteiger partial charge in [0.15, 0.2) is 0 Å². The first-order chi connectivity index (χ1) is 7.45. The molecule has 1 aliphatic rings. The molecule has 1 saturated carbocycles. The zero-order valence-electron chi connectivity index (χ0n) is 9.80. The fraction of sp³-hybridized carbons (Fsp3) is 0.818. The molecule has 5 heteroatoms. The lowest BCUT2D eigenvalue weighted by Gasteiger charge is -2.35. The minimum absolute atomic E-state index is 0.148. The van der Waals surface area contributed by atoms with Crippen molar-refractivity contribution in [1.29, 1.82) is 0 Å². The Kier molecular flexibility index (Phi) is 4.29. The molecule has 0 heterocycles. The molecular formula is C11H18O5. The van der Waals surface area contributed by atoms with Crippen LogP contribution in [0.2, 0.25) is 0 Å². The molecule has 5 nitrogen and oxygen atoms in total. The molecule has 16 heavy (non-hydrogen) atoms. The van der Waals surface area contributed by atoms with Crippen LogP contribution in [-0.2, 0) is 19.1 Å². The summed E-state index contributed by atoms with van der Waals surface area (Å²) >= 11 is 0. The Bertz CT molecular complexity index is 276. The highest BCUT2D eigenvalue weighted by Gasteiger charge is 2.39. The van der Waals surface area contributed by atoms with Crippen LogP contribution in [0.1, 0.15) is 26.7 Å². The van der Waals surface area contributed by atoms with Crippen LogP contribution >= 0.6 is 0 Å². The number of aliphatic hydroxyl groups excluding tert-OH is 1. The largest absolute Gasteiger partial charge is 0.469 e. The second kappa shape index (κ2) is 5.30. The molecule has 0 unspecified atom stereocenters. The van der Waals surface area contributed by atoms with E-state index in [-0.39, 0.29) is 17.8 Å². The summed E-state index contributed by atoms with van der Waals surface area (Å²) in [5.41, 5.74) is 0. The maximum absolute atomic E-state index is 11.4. The highest BCUT2D eigenvalue weighted by atomic mass is 16.5. The highest BCUT2D eigenvalue weighted by Crippen LogP contribution is 2.32. The van der Waals surface area contributed by atoms with E-state index >= 15 is 0 Å². The van der Waals surface area contributed by atoms with Crippen molar-refractivity contribution in [1.82, 2.24) is 0 Å². The van der Waals surface area contributed by atoms with E-state index in [0.29, 0.717) is 12.8 Å². The van der Waals surface area contributed by atoms with Crippen molar-refractivity contribution in [3.8, 4) is 0 Å². The van der Waals surface area contributed by atoms with E-state index < -0.39 is 18.2 Å². The van der Waals surface area contributed by atoms with Crippen LogP contribution in [0, 0.1) is 11.8 Å². The molecule has 0 amide bonds. The van der Waals surface area contributed by atoms with E-state index in [1.54, 1.807) is 0 Å². The second-order valence-corrected chi connectivity index (χ2v) is 4.27. The number of aliphatic hydroxyl groups is 1. The van der Waals surface area contributed by atoms with Gasteiger partial charge in [-0.3, -0.25) is 9.59 Å². The van der Waals surface area contributed by atoms with Crippen molar-refractivity contribution in [2.24, 2.45) is 11.8 Å². The molecule has 1 rings (SSSR count). The number of carbonyl (C=O) groups excluding carboxylic acids is 2. The predicted molar refractivity (Wildman–Crippen MR) is 55.5 cm³/mol. The third-order valence-electron chi connectivity index (χ3n) is 3.09. The average molecular weight is 230 g/mol. The van der Waals surface area contributed by atoms with Gasteiger partial charge in [0, 0.05) is 12.8 Å². The lowest BCUT2D eigenvalue weighted by atomic mass is 9.78. The Morgan fingerprint density at radius 1 is 1.31 bits per heavy atom. The van der Waals surface area contributed by atoms with Crippen molar-refractivity contribution in [3.63, 3.8) is 0 Å². The van der Waals surface area contributed by atoms with Crippen LogP contribution in [0.3, 0.4) is 0 Å². The lowest BCUT2D eigenvalue weighted by molar-refractivity contribution is -0.164. The first-order valence-corrected chi connectivity index (χ1v) is 5.38. The minimum Gasteiger partial charge on any atom is -0.469 e. The first kappa shape index (κ1) is 13.0. The molecule has 0 aromatic rings.